The van der Waals surface area contributed by atoms with Crippen molar-refractivity contribution >= 4 is 61.6 Å². The summed E-state index contributed by atoms with van der Waals surface area (Å²) in [5.74, 6) is 0. The Balaban J connectivity index is 0.00000324. The Bertz CT molecular complexity index is 2230. The minimum Gasteiger partial charge on any atom is -0.510 e. The van der Waals surface area contributed by atoms with Gasteiger partial charge in [0.25, 0.3) is 0 Å². The number of nitrogens with zero attached hydrogens (tertiary/aromatic N) is 6. The molecule has 0 saturated carbocycles. The minimum atomic E-state index is -0.0716. The maximum atomic E-state index is 3.92. The van der Waals surface area contributed by atoms with E-state index in [1.54, 1.807) is 0 Å². The number of fused-ring (bicyclic) bond motifs is 6. The Kier molecular flexibility index (Phi) is 6.75. The van der Waals surface area contributed by atoms with Gasteiger partial charge in [0, 0.05) is 27.7 Å². The smallest absolute Gasteiger partial charge is 0.510 e. The first kappa shape index (κ1) is 29.7. The molecule has 3 aliphatic heterocycles. The molecule has 0 bridgehead atoms. The zero-order valence-corrected chi connectivity index (χ0v) is 29.2. The maximum absolute atomic E-state index is 3.92. The number of rotatable bonds is 3. The van der Waals surface area contributed by atoms with Crippen LogP contribution < -0.4 is 19.6 Å². The molecule has 0 radical (unpaired) electrons. The zero-order chi connectivity index (χ0) is 31.3. The predicted molar refractivity (Wildman–Crippen MR) is 190 cm³/mol. The van der Waals surface area contributed by atoms with Gasteiger partial charge in [0.1, 0.15) is 0 Å². The Morgan fingerprint density at radius 2 is 1.36 bits per heavy atom. The molecule has 0 unspecified atom stereocenters. The molecule has 5 aromatic carbocycles. The molecular weight excluding hydrogens is 760 g/mol. The van der Waals surface area contributed by atoms with Crippen molar-refractivity contribution < 1.29 is 21.1 Å². The van der Waals surface area contributed by atoms with Crippen molar-refractivity contribution in [2.45, 2.75) is 26.2 Å². The van der Waals surface area contributed by atoms with Crippen molar-refractivity contribution in [2.75, 3.05) is 33.7 Å². The van der Waals surface area contributed by atoms with E-state index in [0.29, 0.717) is 0 Å². The van der Waals surface area contributed by atoms with Gasteiger partial charge in [-0.15, -0.1) is 53.3 Å². The summed E-state index contributed by atoms with van der Waals surface area (Å²) < 4.78 is 2.42. The van der Waals surface area contributed by atoms with Gasteiger partial charge in [-0.05, 0) is 67.6 Å². The summed E-state index contributed by atoms with van der Waals surface area (Å²) in [5.41, 5.74) is 12.0. The van der Waals surface area contributed by atoms with Gasteiger partial charge in [-0.1, -0.05) is 68.9 Å². The third-order valence-electron chi connectivity index (χ3n) is 9.33. The first-order chi connectivity index (χ1) is 22.3. The van der Waals surface area contributed by atoms with Crippen molar-refractivity contribution in [3.05, 3.63) is 134 Å². The molecule has 0 atom stereocenters. The van der Waals surface area contributed by atoms with Gasteiger partial charge < -0.3 is 29.1 Å². The molecule has 47 heavy (non-hydrogen) atoms. The van der Waals surface area contributed by atoms with Gasteiger partial charge in [0.05, 0.1) is 11.2 Å². The Labute approximate surface area is 291 Å². The fourth-order valence-corrected chi connectivity index (χ4v) is 7.04. The van der Waals surface area contributed by atoms with Crippen LogP contribution in [0, 0.1) is 25.5 Å². The second-order valence-corrected chi connectivity index (χ2v) is 13.4. The number of para-hydroxylation sites is 4. The maximum Gasteiger partial charge on any atom is 4.00 e. The van der Waals surface area contributed by atoms with E-state index in [1.165, 1.54) is 33.1 Å². The molecule has 9 rings (SSSR count). The second kappa shape index (κ2) is 10.7. The molecule has 7 heteroatoms. The molecule has 0 amide bonds. The first-order valence-electron chi connectivity index (χ1n) is 15.7. The second-order valence-electron chi connectivity index (χ2n) is 13.4. The van der Waals surface area contributed by atoms with Crippen LogP contribution in [0.25, 0.3) is 27.5 Å². The van der Waals surface area contributed by atoms with Crippen molar-refractivity contribution in [2.24, 2.45) is 0 Å². The van der Waals surface area contributed by atoms with Crippen LogP contribution in [0.2, 0.25) is 0 Å². The number of anilines is 7. The Morgan fingerprint density at radius 1 is 0.638 bits per heavy atom. The number of benzene rings is 5. The van der Waals surface area contributed by atoms with Gasteiger partial charge in [-0.25, -0.2) is 0 Å². The average Bonchev–Trinajstić information content (AvgIpc) is 3.75. The van der Waals surface area contributed by atoms with Crippen molar-refractivity contribution in [3.63, 3.8) is 0 Å². The van der Waals surface area contributed by atoms with E-state index in [-0.39, 0.29) is 26.5 Å². The summed E-state index contributed by atoms with van der Waals surface area (Å²) >= 11 is 0. The van der Waals surface area contributed by atoms with Crippen LogP contribution in [0.15, 0.2) is 103 Å². The van der Waals surface area contributed by atoms with E-state index < -0.39 is 0 Å². The molecule has 3 aliphatic rings. The molecule has 6 nitrogen and oxygen atoms in total. The molecule has 4 heterocycles. The fourth-order valence-electron chi connectivity index (χ4n) is 7.04. The Morgan fingerprint density at radius 3 is 2.15 bits per heavy atom. The molecule has 234 valence electrons. The predicted octanol–water partition coefficient (Wildman–Crippen LogP) is 9.51. The van der Waals surface area contributed by atoms with E-state index in [4.69, 9.17) is 0 Å². The molecule has 0 aliphatic carbocycles. The van der Waals surface area contributed by atoms with Crippen LogP contribution in [0.4, 0.5) is 39.8 Å². The zero-order valence-electron chi connectivity index (χ0n) is 27.0. The van der Waals surface area contributed by atoms with Gasteiger partial charge in [0.2, 0.25) is 0 Å². The van der Waals surface area contributed by atoms with Gasteiger partial charge >= 0.3 is 21.1 Å². The third kappa shape index (κ3) is 4.49. The normalized spacial score (nSPS) is 15.1. The quantitative estimate of drug-likeness (QED) is 0.166. The fraction of sp³-hybridized carbons (Fsp3) is 0.150. The minimum absolute atomic E-state index is 0. The first-order valence-corrected chi connectivity index (χ1v) is 15.7. The van der Waals surface area contributed by atoms with E-state index in [1.807, 2.05) is 7.05 Å². The molecule has 1 aromatic heterocycles. The largest absolute Gasteiger partial charge is 4.00 e. The van der Waals surface area contributed by atoms with Crippen molar-refractivity contribution in [1.29, 1.82) is 0 Å². The van der Waals surface area contributed by atoms with Crippen molar-refractivity contribution in [3.8, 4) is 5.69 Å². The van der Waals surface area contributed by atoms with Crippen molar-refractivity contribution in [1.82, 2.24) is 9.47 Å². The van der Waals surface area contributed by atoms with Gasteiger partial charge in [-0.2, -0.15) is 13.3 Å². The van der Waals surface area contributed by atoms with Crippen LogP contribution in [0.3, 0.4) is 0 Å². The SMILES string of the molecule is CN1C=CN(c2[c-]c(N3c4[c-]c(N5[CH-]N(C)c6ccccc65)ccc4-n4c5ccccc5c5cccc3c54)cc(C(C)(C)C)c2)[CH-]1.[Pt+4]. The molecule has 0 fully saturated rings. The van der Waals surface area contributed by atoms with Gasteiger partial charge in [-0.3, -0.25) is 0 Å². The third-order valence-corrected chi connectivity index (χ3v) is 9.33. The topological polar surface area (TPSA) is 21.1 Å². The molecular formula is C40H34N6Pt. The van der Waals surface area contributed by atoms with E-state index in [0.717, 1.165) is 39.8 Å². The molecule has 0 spiro atoms. The summed E-state index contributed by atoms with van der Waals surface area (Å²) in [6, 6.07) is 40.6. The molecule has 0 saturated heterocycles. The molecule has 6 aromatic rings. The van der Waals surface area contributed by atoms with Gasteiger partial charge in [0.15, 0.2) is 0 Å². The Hall–Kier alpha value is -4.67. The number of aromatic nitrogens is 1. The van der Waals surface area contributed by atoms with E-state index in [2.05, 4.69) is 186 Å². The van der Waals surface area contributed by atoms with Crippen LogP contribution in [0.5, 0.6) is 0 Å². The summed E-state index contributed by atoms with van der Waals surface area (Å²) in [6.45, 7) is 11.1. The number of hydrogen-bond acceptors (Lipinski definition) is 5. The van der Waals surface area contributed by atoms with Crippen LogP contribution in [-0.4, -0.2) is 23.6 Å². The van der Waals surface area contributed by atoms with Crippen LogP contribution in [-0.2, 0) is 26.5 Å². The summed E-state index contributed by atoms with van der Waals surface area (Å²) in [6.07, 6.45) is 4.15. The average molecular weight is 794 g/mol. The van der Waals surface area contributed by atoms with E-state index >= 15 is 0 Å². The van der Waals surface area contributed by atoms with Crippen LogP contribution in [0.1, 0.15) is 26.3 Å². The van der Waals surface area contributed by atoms with Crippen LogP contribution >= 0.6 is 0 Å². The number of hydrogen-bond donors (Lipinski definition) is 0. The monoisotopic (exact) mass is 793 g/mol. The summed E-state index contributed by atoms with van der Waals surface area (Å²) in [4.78, 5) is 11.0. The summed E-state index contributed by atoms with van der Waals surface area (Å²) in [5, 5.41) is 2.48. The standard InChI is InChI=1S/C40H34N6.Pt/c1-40(2,3)27-21-29(43-20-19-41(4)25-43)23-30(22-27)45-37-16-10-12-32-31-11-6-7-13-33(31)46(39(32)37)36-18-17-28(24-38(36)45)44-26-42(5)34-14-8-9-15-35(34)44;/h6-22,25-26H,1-5H3;/q-4;+4. The van der Waals surface area contributed by atoms with E-state index in [9.17, 15) is 0 Å². The summed E-state index contributed by atoms with van der Waals surface area (Å²) in [7, 11) is 4.14. The molecule has 0 N–H and O–H groups in total.